The number of hydrogen-bond donors (Lipinski definition) is 1. The van der Waals surface area contributed by atoms with Crippen LogP contribution in [0, 0.1) is 33.6 Å². The molecule has 0 bridgehead atoms. The van der Waals surface area contributed by atoms with Crippen molar-refractivity contribution >= 4 is 29.3 Å². The van der Waals surface area contributed by atoms with Crippen molar-refractivity contribution < 1.29 is 4.79 Å². The van der Waals surface area contributed by atoms with Gasteiger partial charge >= 0.3 is 0 Å². The van der Waals surface area contributed by atoms with E-state index < -0.39 is 0 Å². The predicted octanol–water partition coefficient (Wildman–Crippen LogP) is 5.08. The third kappa shape index (κ3) is 4.73. The Kier molecular flexibility index (Phi) is 6.07. The van der Waals surface area contributed by atoms with Gasteiger partial charge in [-0.1, -0.05) is 43.1 Å². The average molecular weight is 360 g/mol. The molecule has 2 rings (SSSR count). The van der Waals surface area contributed by atoms with Crippen LogP contribution in [0.3, 0.4) is 0 Å². The lowest BCUT2D eigenvalue weighted by Crippen LogP contribution is -2.10. The summed E-state index contributed by atoms with van der Waals surface area (Å²) in [5, 5.41) is 7.98. The van der Waals surface area contributed by atoms with Crippen molar-refractivity contribution in [1.29, 1.82) is 0 Å². The van der Waals surface area contributed by atoms with Crippen molar-refractivity contribution in [1.82, 2.24) is 9.78 Å². The first-order valence-corrected chi connectivity index (χ1v) is 8.86. The molecule has 1 amide bonds. The Morgan fingerprint density at radius 3 is 2.40 bits per heavy atom. The molecular formula is C20H26ClN3O. The van der Waals surface area contributed by atoms with E-state index >= 15 is 0 Å². The fraction of sp³-hybridized carbons (Fsp3) is 0.400. The van der Waals surface area contributed by atoms with Crippen molar-refractivity contribution in [3.63, 3.8) is 0 Å². The molecule has 2 aromatic rings. The molecule has 25 heavy (non-hydrogen) atoms. The van der Waals surface area contributed by atoms with E-state index in [9.17, 15) is 4.79 Å². The quantitative estimate of drug-likeness (QED) is 0.757. The molecule has 0 fully saturated rings. The van der Waals surface area contributed by atoms with E-state index in [-0.39, 0.29) is 5.91 Å². The van der Waals surface area contributed by atoms with Crippen molar-refractivity contribution in [3.8, 4) is 0 Å². The van der Waals surface area contributed by atoms with Crippen molar-refractivity contribution in [2.24, 2.45) is 5.92 Å². The van der Waals surface area contributed by atoms with E-state index in [1.165, 1.54) is 11.6 Å². The summed E-state index contributed by atoms with van der Waals surface area (Å²) in [5.41, 5.74) is 5.76. The third-order valence-electron chi connectivity index (χ3n) is 3.97. The van der Waals surface area contributed by atoms with Gasteiger partial charge in [0, 0.05) is 23.9 Å². The highest BCUT2D eigenvalue weighted by molar-refractivity contribution is 6.31. The van der Waals surface area contributed by atoms with Gasteiger partial charge in [0.2, 0.25) is 5.91 Å². The summed E-state index contributed by atoms with van der Waals surface area (Å²) in [6, 6.07) is 4.12. The number of rotatable bonds is 5. The van der Waals surface area contributed by atoms with Crippen LogP contribution in [0.2, 0.25) is 5.15 Å². The van der Waals surface area contributed by atoms with E-state index in [0.717, 1.165) is 34.6 Å². The number of carbonyl (C=O) groups excluding carboxylic acids is 1. The molecule has 0 radical (unpaired) electrons. The molecule has 1 aromatic carbocycles. The smallest absolute Gasteiger partial charge is 0.248 e. The van der Waals surface area contributed by atoms with Crippen LogP contribution in [-0.4, -0.2) is 15.7 Å². The minimum Gasteiger partial charge on any atom is -0.322 e. The van der Waals surface area contributed by atoms with Gasteiger partial charge in [0.15, 0.2) is 0 Å². The molecule has 5 heteroatoms. The third-order valence-corrected chi connectivity index (χ3v) is 4.37. The summed E-state index contributed by atoms with van der Waals surface area (Å²) in [5.74, 6) is 0.270. The summed E-state index contributed by atoms with van der Waals surface area (Å²) < 4.78 is 1.79. The molecule has 0 aliphatic heterocycles. The lowest BCUT2D eigenvalue weighted by atomic mass is 10.1. The molecule has 134 valence electrons. The second-order valence-corrected chi connectivity index (χ2v) is 7.32. The molecule has 1 heterocycles. The second-order valence-electron chi connectivity index (χ2n) is 6.96. The Hall–Kier alpha value is -2.07. The Bertz CT molecular complexity index is 796. The number of hydrogen-bond acceptors (Lipinski definition) is 2. The maximum atomic E-state index is 12.3. The van der Waals surface area contributed by atoms with Crippen LogP contribution in [0.25, 0.3) is 6.08 Å². The number of amides is 1. The Morgan fingerprint density at radius 1 is 1.24 bits per heavy atom. The van der Waals surface area contributed by atoms with Crippen LogP contribution in [0.4, 0.5) is 5.69 Å². The average Bonchev–Trinajstić information content (AvgIpc) is 2.74. The molecule has 0 aliphatic carbocycles. The Labute approximate surface area is 154 Å². The predicted molar refractivity (Wildman–Crippen MR) is 105 cm³/mol. The summed E-state index contributed by atoms with van der Waals surface area (Å²) in [6.07, 6.45) is 3.24. The van der Waals surface area contributed by atoms with Crippen LogP contribution in [0.1, 0.15) is 41.8 Å². The zero-order valence-corrected chi connectivity index (χ0v) is 16.5. The van der Waals surface area contributed by atoms with Gasteiger partial charge in [0.25, 0.3) is 0 Å². The van der Waals surface area contributed by atoms with E-state index in [1.54, 1.807) is 10.8 Å². The maximum absolute atomic E-state index is 12.3. The van der Waals surface area contributed by atoms with Crippen LogP contribution in [0.15, 0.2) is 18.2 Å². The maximum Gasteiger partial charge on any atom is 0.248 e. The van der Waals surface area contributed by atoms with Crippen LogP contribution >= 0.6 is 11.6 Å². The summed E-state index contributed by atoms with van der Waals surface area (Å²) >= 11 is 6.40. The number of anilines is 1. The monoisotopic (exact) mass is 359 g/mol. The van der Waals surface area contributed by atoms with Crippen LogP contribution < -0.4 is 5.32 Å². The zero-order valence-electron chi connectivity index (χ0n) is 15.8. The van der Waals surface area contributed by atoms with Crippen molar-refractivity contribution in [3.05, 3.63) is 51.3 Å². The number of carbonyl (C=O) groups is 1. The highest BCUT2D eigenvalue weighted by Crippen LogP contribution is 2.24. The highest BCUT2D eigenvalue weighted by atomic mass is 35.5. The van der Waals surface area contributed by atoms with Gasteiger partial charge in [-0.05, 0) is 50.8 Å². The van der Waals surface area contributed by atoms with Gasteiger partial charge in [-0.3, -0.25) is 9.48 Å². The summed E-state index contributed by atoms with van der Waals surface area (Å²) in [6.45, 7) is 12.9. The van der Waals surface area contributed by atoms with Gasteiger partial charge in [-0.2, -0.15) is 5.10 Å². The van der Waals surface area contributed by atoms with Crippen molar-refractivity contribution in [2.45, 2.75) is 48.1 Å². The van der Waals surface area contributed by atoms with Gasteiger partial charge in [-0.25, -0.2) is 0 Å². The fourth-order valence-electron chi connectivity index (χ4n) is 2.92. The Balaban J connectivity index is 2.18. The minimum atomic E-state index is -0.179. The van der Waals surface area contributed by atoms with Gasteiger partial charge in [0.1, 0.15) is 5.15 Å². The standard InChI is InChI=1S/C20H26ClN3O/c1-12(2)11-24-20(21)17(16(6)23-24)7-8-18(25)22-19-14(4)9-13(3)10-15(19)5/h7-10,12H,11H2,1-6H3,(H,22,25)/b8-7+. The van der Waals surface area contributed by atoms with Gasteiger partial charge in [-0.15, -0.1) is 0 Å². The highest BCUT2D eigenvalue weighted by Gasteiger charge is 2.12. The molecule has 1 N–H and O–H groups in total. The van der Waals surface area contributed by atoms with E-state index in [4.69, 9.17) is 11.6 Å². The number of nitrogens with zero attached hydrogens (tertiary/aromatic N) is 2. The first-order valence-electron chi connectivity index (χ1n) is 8.48. The number of aromatic nitrogens is 2. The molecule has 0 spiro atoms. The number of aryl methyl sites for hydroxylation is 4. The number of benzene rings is 1. The summed E-state index contributed by atoms with van der Waals surface area (Å²) in [7, 11) is 0. The van der Waals surface area contributed by atoms with E-state index in [2.05, 4.69) is 36.4 Å². The van der Waals surface area contributed by atoms with Gasteiger partial charge < -0.3 is 5.32 Å². The van der Waals surface area contributed by atoms with Crippen molar-refractivity contribution in [2.75, 3.05) is 5.32 Å². The van der Waals surface area contributed by atoms with E-state index in [1.807, 2.05) is 27.7 Å². The fourth-order valence-corrected chi connectivity index (χ4v) is 3.23. The first-order chi connectivity index (χ1) is 11.7. The number of halogens is 1. The molecule has 0 atom stereocenters. The zero-order chi connectivity index (χ0) is 18.7. The second kappa shape index (κ2) is 7.87. The molecule has 0 aliphatic rings. The molecule has 0 saturated carbocycles. The molecule has 4 nitrogen and oxygen atoms in total. The normalized spacial score (nSPS) is 11.5. The Morgan fingerprint density at radius 2 is 1.84 bits per heavy atom. The van der Waals surface area contributed by atoms with Crippen LogP contribution in [0.5, 0.6) is 0 Å². The molecule has 0 saturated heterocycles. The molecule has 0 unspecified atom stereocenters. The number of nitrogens with one attached hydrogen (secondary N) is 1. The molecular weight excluding hydrogens is 334 g/mol. The first kappa shape index (κ1) is 19.3. The summed E-state index contributed by atoms with van der Waals surface area (Å²) in [4.78, 5) is 12.3. The van der Waals surface area contributed by atoms with Gasteiger partial charge in [0.05, 0.1) is 5.69 Å². The van der Waals surface area contributed by atoms with Crippen LogP contribution in [-0.2, 0) is 11.3 Å². The SMILES string of the molecule is Cc1cc(C)c(NC(=O)/C=C/c2c(C)nn(CC(C)C)c2Cl)c(C)c1. The minimum absolute atomic E-state index is 0.179. The lowest BCUT2D eigenvalue weighted by Gasteiger charge is -2.11. The lowest BCUT2D eigenvalue weighted by molar-refractivity contribution is -0.111. The largest absolute Gasteiger partial charge is 0.322 e. The molecule has 1 aromatic heterocycles. The topological polar surface area (TPSA) is 46.9 Å². The van der Waals surface area contributed by atoms with E-state index in [0.29, 0.717) is 11.1 Å².